The number of methoxy groups -OCH3 is 1. The molecule has 0 bridgehead atoms. The predicted octanol–water partition coefficient (Wildman–Crippen LogP) is 0.784. The van der Waals surface area contributed by atoms with Gasteiger partial charge in [0, 0.05) is 19.6 Å². The lowest BCUT2D eigenvalue weighted by molar-refractivity contribution is -0.0178. The van der Waals surface area contributed by atoms with E-state index in [0.717, 1.165) is 37.8 Å². The van der Waals surface area contributed by atoms with Crippen molar-refractivity contribution in [2.24, 2.45) is 0 Å². The SMILES string of the molecule is COc1ccc(OCCOC[C@H](O)CN2CCOCC2)cc1. The molecule has 6 heteroatoms. The van der Waals surface area contributed by atoms with Crippen LogP contribution in [0.25, 0.3) is 0 Å². The minimum absolute atomic E-state index is 0.323. The summed E-state index contributed by atoms with van der Waals surface area (Å²) in [4.78, 5) is 2.19. The molecule has 0 unspecified atom stereocenters. The molecular formula is C16H25NO5. The van der Waals surface area contributed by atoms with Gasteiger partial charge in [-0.05, 0) is 24.3 Å². The first kappa shape index (κ1) is 17.0. The highest BCUT2D eigenvalue weighted by Gasteiger charge is 2.14. The third-order valence-electron chi connectivity index (χ3n) is 3.44. The fraction of sp³-hybridized carbons (Fsp3) is 0.625. The van der Waals surface area contributed by atoms with E-state index in [0.29, 0.717) is 26.4 Å². The fourth-order valence-electron chi connectivity index (χ4n) is 2.24. The second-order valence-corrected chi connectivity index (χ2v) is 5.17. The summed E-state index contributed by atoms with van der Waals surface area (Å²) in [5.41, 5.74) is 0. The van der Waals surface area contributed by atoms with E-state index in [1.165, 1.54) is 0 Å². The molecular weight excluding hydrogens is 286 g/mol. The zero-order chi connectivity index (χ0) is 15.6. The number of aliphatic hydroxyl groups excluding tert-OH is 1. The molecule has 1 N–H and O–H groups in total. The number of nitrogens with zero attached hydrogens (tertiary/aromatic N) is 1. The summed E-state index contributed by atoms with van der Waals surface area (Å²) in [5.74, 6) is 1.58. The Bertz CT molecular complexity index is 406. The molecule has 0 spiro atoms. The van der Waals surface area contributed by atoms with Crippen molar-refractivity contribution in [3.63, 3.8) is 0 Å². The van der Waals surface area contributed by atoms with E-state index in [2.05, 4.69) is 4.90 Å². The topological polar surface area (TPSA) is 60.4 Å². The Hall–Kier alpha value is -1.34. The van der Waals surface area contributed by atoms with Crippen LogP contribution in [0.4, 0.5) is 0 Å². The molecule has 1 heterocycles. The quantitative estimate of drug-likeness (QED) is 0.680. The lowest BCUT2D eigenvalue weighted by Gasteiger charge is -2.28. The molecule has 1 aromatic carbocycles. The van der Waals surface area contributed by atoms with Crippen molar-refractivity contribution < 1.29 is 24.1 Å². The highest BCUT2D eigenvalue weighted by molar-refractivity contribution is 5.31. The maximum absolute atomic E-state index is 9.91. The number of hydrogen-bond donors (Lipinski definition) is 1. The standard InChI is InChI=1S/C16H25NO5/c1-19-15-2-4-16(5-3-15)22-11-10-21-13-14(18)12-17-6-8-20-9-7-17/h2-5,14,18H,6-13H2,1H3/t14-/m1/s1. The summed E-state index contributed by atoms with van der Waals surface area (Å²) >= 11 is 0. The molecule has 0 aliphatic carbocycles. The summed E-state index contributed by atoms with van der Waals surface area (Å²) in [6.07, 6.45) is -0.473. The average molecular weight is 311 g/mol. The zero-order valence-electron chi connectivity index (χ0n) is 13.1. The number of β-amino-alcohol motifs (C(OH)–C–C–N with tert-alkyl or cyclic N) is 1. The zero-order valence-corrected chi connectivity index (χ0v) is 13.1. The molecule has 1 saturated heterocycles. The van der Waals surface area contributed by atoms with Gasteiger partial charge in [-0.1, -0.05) is 0 Å². The summed E-state index contributed by atoms with van der Waals surface area (Å²) in [5, 5.41) is 9.91. The molecule has 1 aliphatic rings. The van der Waals surface area contributed by atoms with E-state index in [1.54, 1.807) is 7.11 Å². The second kappa shape index (κ2) is 9.63. The molecule has 6 nitrogen and oxygen atoms in total. The smallest absolute Gasteiger partial charge is 0.119 e. The van der Waals surface area contributed by atoms with E-state index < -0.39 is 6.10 Å². The minimum Gasteiger partial charge on any atom is -0.497 e. The Morgan fingerprint density at radius 1 is 1.14 bits per heavy atom. The Balaban J connectivity index is 1.52. The van der Waals surface area contributed by atoms with Crippen LogP contribution in [0.1, 0.15) is 0 Å². The van der Waals surface area contributed by atoms with Crippen molar-refractivity contribution in [2.45, 2.75) is 6.10 Å². The molecule has 1 fully saturated rings. The number of rotatable bonds is 9. The van der Waals surface area contributed by atoms with Crippen LogP contribution in [0.2, 0.25) is 0 Å². The van der Waals surface area contributed by atoms with Crippen molar-refractivity contribution >= 4 is 0 Å². The molecule has 0 radical (unpaired) electrons. The van der Waals surface area contributed by atoms with Crippen molar-refractivity contribution in [3.8, 4) is 11.5 Å². The third kappa shape index (κ3) is 6.19. The summed E-state index contributed by atoms with van der Waals surface area (Å²) < 4.78 is 21.3. The summed E-state index contributed by atoms with van der Waals surface area (Å²) in [7, 11) is 1.63. The van der Waals surface area contributed by atoms with Gasteiger partial charge in [0.1, 0.15) is 18.1 Å². The van der Waals surface area contributed by atoms with Crippen LogP contribution in [0.5, 0.6) is 11.5 Å². The van der Waals surface area contributed by atoms with Crippen molar-refractivity contribution in [3.05, 3.63) is 24.3 Å². The number of morpholine rings is 1. The molecule has 1 aliphatic heterocycles. The fourth-order valence-corrected chi connectivity index (χ4v) is 2.24. The Morgan fingerprint density at radius 2 is 1.82 bits per heavy atom. The van der Waals surface area contributed by atoms with Crippen LogP contribution in [-0.4, -0.2) is 75.9 Å². The van der Waals surface area contributed by atoms with E-state index in [4.69, 9.17) is 18.9 Å². The lowest BCUT2D eigenvalue weighted by atomic mass is 10.3. The van der Waals surface area contributed by atoms with Gasteiger partial charge in [0.2, 0.25) is 0 Å². The lowest BCUT2D eigenvalue weighted by Crippen LogP contribution is -2.42. The van der Waals surface area contributed by atoms with Gasteiger partial charge < -0.3 is 24.1 Å². The van der Waals surface area contributed by atoms with Gasteiger partial charge in [0.15, 0.2) is 0 Å². The van der Waals surface area contributed by atoms with Gasteiger partial charge in [-0.3, -0.25) is 4.90 Å². The molecule has 124 valence electrons. The molecule has 22 heavy (non-hydrogen) atoms. The first-order valence-corrected chi connectivity index (χ1v) is 7.60. The van der Waals surface area contributed by atoms with Crippen LogP contribution < -0.4 is 9.47 Å². The molecule has 0 saturated carbocycles. The van der Waals surface area contributed by atoms with Crippen LogP contribution >= 0.6 is 0 Å². The van der Waals surface area contributed by atoms with Crippen molar-refractivity contribution in [1.82, 2.24) is 4.90 Å². The Morgan fingerprint density at radius 3 is 2.50 bits per heavy atom. The summed E-state index contributed by atoms with van der Waals surface area (Å²) in [6.45, 7) is 5.08. The molecule has 0 amide bonds. The second-order valence-electron chi connectivity index (χ2n) is 5.17. The maximum Gasteiger partial charge on any atom is 0.119 e. The number of aliphatic hydroxyl groups is 1. The highest BCUT2D eigenvalue weighted by atomic mass is 16.5. The van der Waals surface area contributed by atoms with Gasteiger partial charge >= 0.3 is 0 Å². The van der Waals surface area contributed by atoms with Crippen LogP contribution in [0.15, 0.2) is 24.3 Å². The minimum atomic E-state index is -0.473. The van der Waals surface area contributed by atoms with E-state index in [1.807, 2.05) is 24.3 Å². The maximum atomic E-state index is 9.91. The normalized spacial score (nSPS) is 17.2. The molecule has 1 aromatic rings. The predicted molar refractivity (Wildman–Crippen MR) is 82.6 cm³/mol. The monoisotopic (exact) mass is 311 g/mol. The van der Waals surface area contributed by atoms with Crippen LogP contribution in [0, 0.1) is 0 Å². The van der Waals surface area contributed by atoms with Gasteiger partial charge in [0.05, 0.1) is 39.6 Å². The largest absolute Gasteiger partial charge is 0.497 e. The average Bonchev–Trinajstić information content (AvgIpc) is 2.56. The van der Waals surface area contributed by atoms with Gasteiger partial charge in [0.25, 0.3) is 0 Å². The highest BCUT2D eigenvalue weighted by Crippen LogP contribution is 2.16. The van der Waals surface area contributed by atoms with Gasteiger partial charge in [-0.25, -0.2) is 0 Å². The van der Waals surface area contributed by atoms with Crippen LogP contribution in [0.3, 0.4) is 0 Å². The summed E-state index contributed by atoms with van der Waals surface area (Å²) in [6, 6.07) is 7.41. The van der Waals surface area contributed by atoms with Gasteiger partial charge in [-0.2, -0.15) is 0 Å². The number of benzene rings is 1. The number of ether oxygens (including phenoxy) is 4. The van der Waals surface area contributed by atoms with E-state index in [9.17, 15) is 5.11 Å². The number of hydrogen-bond acceptors (Lipinski definition) is 6. The van der Waals surface area contributed by atoms with E-state index in [-0.39, 0.29) is 0 Å². The first-order valence-electron chi connectivity index (χ1n) is 7.60. The molecule has 0 aromatic heterocycles. The van der Waals surface area contributed by atoms with Gasteiger partial charge in [-0.15, -0.1) is 0 Å². The Kier molecular flexibility index (Phi) is 7.45. The first-order chi connectivity index (χ1) is 10.8. The Labute approximate surface area is 131 Å². The van der Waals surface area contributed by atoms with Crippen LogP contribution in [-0.2, 0) is 9.47 Å². The van der Waals surface area contributed by atoms with Crippen molar-refractivity contribution in [1.29, 1.82) is 0 Å². The third-order valence-corrected chi connectivity index (χ3v) is 3.44. The van der Waals surface area contributed by atoms with Crippen molar-refractivity contribution in [2.75, 3.05) is 59.8 Å². The molecule has 1 atom stereocenters. The molecule has 2 rings (SSSR count). The van der Waals surface area contributed by atoms with E-state index >= 15 is 0 Å².